The van der Waals surface area contributed by atoms with Gasteiger partial charge in [0, 0.05) is 19.1 Å². The third-order valence-electron chi connectivity index (χ3n) is 4.45. The van der Waals surface area contributed by atoms with Gasteiger partial charge < -0.3 is 15.4 Å². The van der Waals surface area contributed by atoms with Gasteiger partial charge in [0.05, 0.1) is 13.0 Å². The van der Waals surface area contributed by atoms with Crippen LogP contribution in [-0.2, 0) is 4.79 Å². The molecule has 4 heteroatoms. The lowest BCUT2D eigenvalue weighted by Gasteiger charge is -2.36. The highest BCUT2D eigenvalue weighted by Crippen LogP contribution is 2.20. The maximum Gasteiger partial charge on any atom is 0.226 e. The maximum absolute atomic E-state index is 12.3. The molecule has 1 aliphatic heterocycles. The summed E-state index contributed by atoms with van der Waals surface area (Å²) in [5, 5.41) is 0. The predicted octanol–water partition coefficient (Wildman–Crippen LogP) is 2.66. The average molecular weight is 304 g/mol. The molecule has 1 heterocycles. The largest absolute Gasteiger partial charge is 0.493 e. The van der Waals surface area contributed by atoms with Crippen molar-refractivity contribution in [1.29, 1.82) is 0 Å². The number of nitrogens with zero attached hydrogens (tertiary/aromatic N) is 1. The number of piperidine rings is 1. The predicted molar refractivity (Wildman–Crippen MR) is 89.0 cm³/mol. The number of aryl methyl sites for hydroxylation is 2. The van der Waals surface area contributed by atoms with Gasteiger partial charge in [-0.25, -0.2) is 0 Å². The Labute approximate surface area is 133 Å². The minimum Gasteiger partial charge on any atom is -0.493 e. The number of hydrogen-bond donors (Lipinski definition) is 1. The van der Waals surface area contributed by atoms with Crippen molar-refractivity contribution < 1.29 is 9.53 Å². The summed E-state index contributed by atoms with van der Waals surface area (Å²) in [4.78, 5) is 14.2. The van der Waals surface area contributed by atoms with Gasteiger partial charge >= 0.3 is 0 Å². The van der Waals surface area contributed by atoms with Crippen LogP contribution in [0.4, 0.5) is 0 Å². The molecule has 2 unspecified atom stereocenters. The van der Waals surface area contributed by atoms with E-state index in [1.807, 2.05) is 30.9 Å². The van der Waals surface area contributed by atoms with Crippen molar-refractivity contribution >= 4 is 5.91 Å². The van der Waals surface area contributed by atoms with E-state index in [4.69, 9.17) is 10.5 Å². The van der Waals surface area contributed by atoms with E-state index < -0.39 is 0 Å². The molecule has 0 radical (unpaired) electrons. The molecule has 0 aromatic heterocycles. The number of carbonyl (C=O) groups excluding carboxylic acids is 1. The molecule has 22 heavy (non-hydrogen) atoms. The zero-order valence-corrected chi connectivity index (χ0v) is 14.0. The molecule has 1 amide bonds. The number of carbonyl (C=O) groups is 1. The summed E-state index contributed by atoms with van der Waals surface area (Å²) in [6, 6.07) is 6.36. The minimum atomic E-state index is 0.176. The van der Waals surface area contributed by atoms with Crippen LogP contribution < -0.4 is 10.5 Å². The Balaban J connectivity index is 1.80. The quantitative estimate of drug-likeness (QED) is 0.910. The maximum atomic E-state index is 12.3. The standard InChI is InChI=1S/C18H28N2O2/c1-4-15-12-20(7-5-17(15)19)18(21)6-8-22-16-10-13(2)9-14(3)11-16/h9-11,15,17H,4-8,12,19H2,1-3H3. The highest BCUT2D eigenvalue weighted by Gasteiger charge is 2.27. The Morgan fingerprint density at radius 1 is 1.32 bits per heavy atom. The Hall–Kier alpha value is -1.55. The van der Waals surface area contributed by atoms with Gasteiger partial charge in [-0.15, -0.1) is 0 Å². The summed E-state index contributed by atoms with van der Waals surface area (Å²) in [7, 11) is 0. The van der Waals surface area contributed by atoms with Crippen LogP contribution in [0.25, 0.3) is 0 Å². The lowest BCUT2D eigenvalue weighted by molar-refractivity contribution is -0.133. The summed E-state index contributed by atoms with van der Waals surface area (Å²) in [6.07, 6.45) is 2.37. The minimum absolute atomic E-state index is 0.176. The van der Waals surface area contributed by atoms with Crippen molar-refractivity contribution in [1.82, 2.24) is 4.90 Å². The van der Waals surface area contributed by atoms with Crippen LogP contribution in [0.5, 0.6) is 5.75 Å². The van der Waals surface area contributed by atoms with Crippen molar-refractivity contribution in [3.8, 4) is 5.75 Å². The number of rotatable bonds is 5. The normalized spacial score (nSPS) is 21.7. The van der Waals surface area contributed by atoms with Crippen molar-refractivity contribution in [2.75, 3.05) is 19.7 Å². The molecule has 2 atom stereocenters. The van der Waals surface area contributed by atoms with E-state index in [1.54, 1.807) is 0 Å². The van der Waals surface area contributed by atoms with E-state index in [0.717, 1.165) is 31.7 Å². The van der Waals surface area contributed by atoms with Gasteiger partial charge in [-0.3, -0.25) is 4.79 Å². The molecule has 4 nitrogen and oxygen atoms in total. The van der Waals surface area contributed by atoms with E-state index in [-0.39, 0.29) is 11.9 Å². The highest BCUT2D eigenvalue weighted by atomic mass is 16.5. The van der Waals surface area contributed by atoms with E-state index >= 15 is 0 Å². The van der Waals surface area contributed by atoms with Crippen LogP contribution in [0.15, 0.2) is 18.2 Å². The summed E-state index contributed by atoms with van der Waals surface area (Å²) in [5.41, 5.74) is 8.45. The number of amides is 1. The van der Waals surface area contributed by atoms with Crippen molar-refractivity contribution in [2.45, 2.75) is 46.1 Å². The first-order valence-corrected chi connectivity index (χ1v) is 8.24. The van der Waals surface area contributed by atoms with Gasteiger partial charge in [-0.2, -0.15) is 0 Å². The van der Waals surface area contributed by atoms with Crippen molar-refractivity contribution in [3.05, 3.63) is 29.3 Å². The Morgan fingerprint density at radius 3 is 2.64 bits per heavy atom. The summed E-state index contributed by atoms with van der Waals surface area (Å²) >= 11 is 0. The number of ether oxygens (including phenoxy) is 1. The van der Waals surface area contributed by atoms with Crippen LogP contribution in [0.2, 0.25) is 0 Å². The first kappa shape index (κ1) is 16.8. The second-order valence-electron chi connectivity index (χ2n) is 6.38. The molecule has 2 rings (SSSR count). The zero-order valence-electron chi connectivity index (χ0n) is 14.0. The number of likely N-dealkylation sites (tertiary alicyclic amines) is 1. The molecule has 1 saturated heterocycles. The summed E-state index contributed by atoms with van der Waals surface area (Å²) in [5.74, 6) is 1.45. The Morgan fingerprint density at radius 2 is 2.00 bits per heavy atom. The van der Waals surface area contributed by atoms with E-state index in [1.165, 1.54) is 11.1 Å². The highest BCUT2D eigenvalue weighted by molar-refractivity contribution is 5.76. The fourth-order valence-electron chi connectivity index (χ4n) is 3.14. The third-order valence-corrected chi connectivity index (χ3v) is 4.45. The number of hydrogen-bond acceptors (Lipinski definition) is 3. The van der Waals surface area contributed by atoms with Gasteiger partial charge in [0.1, 0.15) is 5.75 Å². The number of benzene rings is 1. The smallest absolute Gasteiger partial charge is 0.226 e. The Bertz CT molecular complexity index is 496. The molecule has 2 N–H and O–H groups in total. The molecule has 0 aliphatic carbocycles. The zero-order chi connectivity index (χ0) is 16.1. The monoisotopic (exact) mass is 304 g/mol. The van der Waals surface area contributed by atoms with Crippen molar-refractivity contribution in [3.63, 3.8) is 0 Å². The molecular weight excluding hydrogens is 276 g/mol. The Kier molecular flexibility index (Phi) is 5.83. The molecule has 0 saturated carbocycles. The third kappa shape index (κ3) is 4.47. The van der Waals surface area contributed by atoms with Crippen LogP contribution in [0.3, 0.4) is 0 Å². The molecule has 1 aromatic carbocycles. The van der Waals surface area contributed by atoms with Crippen molar-refractivity contribution in [2.24, 2.45) is 11.7 Å². The van der Waals surface area contributed by atoms with E-state index in [9.17, 15) is 4.79 Å². The number of nitrogens with two attached hydrogens (primary N) is 1. The molecule has 1 aromatic rings. The van der Waals surface area contributed by atoms with Crippen LogP contribution >= 0.6 is 0 Å². The van der Waals surface area contributed by atoms with Crippen LogP contribution in [-0.4, -0.2) is 36.5 Å². The second-order valence-corrected chi connectivity index (χ2v) is 6.38. The molecule has 1 aliphatic rings. The van der Waals surface area contributed by atoms with Crippen LogP contribution in [0, 0.1) is 19.8 Å². The lowest BCUT2D eigenvalue weighted by atomic mass is 9.90. The summed E-state index contributed by atoms with van der Waals surface area (Å²) < 4.78 is 5.73. The molecule has 122 valence electrons. The van der Waals surface area contributed by atoms with Gasteiger partial charge in [0.2, 0.25) is 5.91 Å². The molecular formula is C18H28N2O2. The topological polar surface area (TPSA) is 55.6 Å². The SMILES string of the molecule is CCC1CN(C(=O)CCOc2cc(C)cc(C)c2)CCC1N. The van der Waals surface area contributed by atoms with Gasteiger partial charge in [-0.05, 0) is 49.4 Å². The van der Waals surface area contributed by atoms with Gasteiger partial charge in [-0.1, -0.05) is 19.4 Å². The molecule has 0 spiro atoms. The molecule has 1 fully saturated rings. The lowest BCUT2D eigenvalue weighted by Crippen LogP contribution is -2.49. The van der Waals surface area contributed by atoms with Gasteiger partial charge in [0.25, 0.3) is 0 Å². The first-order valence-electron chi connectivity index (χ1n) is 8.24. The van der Waals surface area contributed by atoms with Gasteiger partial charge in [0.15, 0.2) is 0 Å². The second kappa shape index (κ2) is 7.63. The fourth-order valence-corrected chi connectivity index (χ4v) is 3.14. The van der Waals surface area contributed by atoms with E-state index in [2.05, 4.69) is 13.0 Å². The summed E-state index contributed by atoms with van der Waals surface area (Å²) in [6.45, 7) is 8.24. The first-order chi connectivity index (χ1) is 10.5. The fraction of sp³-hybridized carbons (Fsp3) is 0.611. The van der Waals surface area contributed by atoms with E-state index in [0.29, 0.717) is 18.9 Å². The average Bonchev–Trinajstić information content (AvgIpc) is 2.46. The molecule has 0 bridgehead atoms. The van der Waals surface area contributed by atoms with Crippen LogP contribution in [0.1, 0.15) is 37.3 Å².